The number of hydrogen-bond donors (Lipinski definition) is 1. The van der Waals surface area contributed by atoms with Crippen LogP contribution in [0.2, 0.25) is 0 Å². The van der Waals surface area contributed by atoms with Crippen molar-refractivity contribution in [2.24, 2.45) is 5.73 Å². The highest BCUT2D eigenvalue weighted by Gasteiger charge is 2.37. The molecule has 0 spiro atoms. The summed E-state index contributed by atoms with van der Waals surface area (Å²) in [6.45, 7) is 0.784. The van der Waals surface area contributed by atoms with Crippen molar-refractivity contribution in [1.29, 1.82) is 0 Å². The van der Waals surface area contributed by atoms with Crippen molar-refractivity contribution in [3.63, 3.8) is 0 Å². The van der Waals surface area contributed by atoms with Gasteiger partial charge in [-0.3, -0.25) is 0 Å². The molecule has 1 fully saturated rings. The molecule has 82 valence electrons. The van der Waals surface area contributed by atoms with Crippen LogP contribution in [0.5, 0.6) is 5.75 Å². The standard InChI is InChI=1S/C13H19NO/c1-15-12-5-3-11(4-6-12)13(9-10-14)7-2-8-13/h3-6H,2,7-10,14H2,1H3. The van der Waals surface area contributed by atoms with Crippen LogP contribution in [0.25, 0.3) is 0 Å². The number of hydrogen-bond acceptors (Lipinski definition) is 2. The average molecular weight is 205 g/mol. The van der Waals surface area contributed by atoms with Crippen LogP contribution in [0.1, 0.15) is 31.2 Å². The third-order valence-electron chi connectivity index (χ3n) is 3.64. The van der Waals surface area contributed by atoms with Crippen molar-refractivity contribution >= 4 is 0 Å². The van der Waals surface area contributed by atoms with Crippen LogP contribution in [0.3, 0.4) is 0 Å². The molecule has 0 aromatic heterocycles. The van der Waals surface area contributed by atoms with E-state index in [1.54, 1.807) is 7.11 Å². The van der Waals surface area contributed by atoms with Crippen molar-refractivity contribution in [3.05, 3.63) is 29.8 Å². The van der Waals surface area contributed by atoms with Gasteiger partial charge in [-0.15, -0.1) is 0 Å². The summed E-state index contributed by atoms with van der Waals surface area (Å²) in [5.74, 6) is 0.931. The van der Waals surface area contributed by atoms with Crippen molar-refractivity contribution in [3.8, 4) is 5.75 Å². The predicted octanol–water partition coefficient (Wildman–Crippen LogP) is 2.47. The highest BCUT2D eigenvalue weighted by Crippen LogP contribution is 2.46. The lowest BCUT2D eigenvalue weighted by Gasteiger charge is -2.42. The Balaban J connectivity index is 2.19. The average Bonchev–Trinajstić information content (AvgIpc) is 2.24. The van der Waals surface area contributed by atoms with Crippen molar-refractivity contribution in [2.75, 3.05) is 13.7 Å². The zero-order chi connectivity index (χ0) is 10.7. The van der Waals surface area contributed by atoms with Crippen LogP contribution in [0.4, 0.5) is 0 Å². The first-order chi connectivity index (χ1) is 7.30. The Kier molecular flexibility index (Phi) is 2.96. The van der Waals surface area contributed by atoms with E-state index in [-0.39, 0.29) is 0 Å². The molecule has 1 aliphatic rings. The van der Waals surface area contributed by atoms with Gasteiger partial charge in [0.2, 0.25) is 0 Å². The highest BCUT2D eigenvalue weighted by molar-refractivity contribution is 5.34. The van der Waals surface area contributed by atoms with E-state index in [0.717, 1.165) is 18.7 Å². The summed E-state index contributed by atoms with van der Waals surface area (Å²) in [7, 11) is 1.70. The fraction of sp³-hybridized carbons (Fsp3) is 0.538. The smallest absolute Gasteiger partial charge is 0.118 e. The molecule has 2 heteroatoms. The second-order valence-corrected chi connectivity index (χ2v) is 4.40. The van der Waals surface area contributed by atoms with Crippen LogP contribution in [-0.2, 0) is 5.41 Å². The Morgan fingerprint density at radius 2 is 1.93 bits per heavy atom. The van der Waals surface area contributed by atoms with Gasteiger partial charge in [0.05, 0.1) is 7.11 Å². The maximum absolute atomic E-state index is 5.69. The van der Waals surface area contributed by atoms with Gasteiger partial charge in [-0.05, 0) is 48.9 Å². The molecule has 1 aliphatic carbocycles. The Bertz CT molecular complexity index is 314. The highest BCUT2D eigenvalue weighted by atomic mass is 16.5. The van der Waals surface area contributed by atoms with E-state index in [0.29, 0.717) is 5.41 Å². The fourth-order valence-corrected chi connectivity index (χ4v) is 2.51. The maximum atomic E-state index is 5.69. The molecule has 0 heterocycles. The lowest BCUT2D eigenvalue weighted by molar-refractivity contribution is 0.229. The summed E-state index contributed by atoms with van der Waals surface area (Å²) in [4.78, 5) is 0. The molecule has 2 rings (SSSR count). The van der Waals surface area contributed by atoms with E-state index < -0.39 is 0 Å². The van der Waals surface area contributed by atoms with Gasteiger partial charge in [-0.1, -0.05) is 18.6 Å². The first-order valence-corrected chi connectivity index (χ1v) is 5.65. The number of nitrogens with two attached hydrogens (primary N) is 1. The van der Waals surface area contributed by atoms with E-state index in [4.69, 9.17) is 10.5 Å². The zero-order valence-corrected chi connectivity index (χ0v) is 9.33. The van der Waals surface area contributed by atoms with Crippen LogP contribution < -0.4 is 10.5 Å². The summed E-state index contributed by atoms with van der Waals surface area (Å²) >= 11 is 0. The molecule has 0 radical (unpaired) electrons. The quantitative estimate of drug-likeness (QED) is 0.819. The third-order valence-corrected chi connectivity index (χ3v) is 3.64. The lowest BCUT2D eigenvalue weighted by atomic mass is 9.62. The van der Waals surface area contributed by atoms with Gasteiger partial charge < -0.3 is 10.5 Å². The molecule has 0 amide bonds. The normalized spacial score (nSPS) is 18.3. The van der Waals surface area contributed by atoms with Gasteiger partial charge in [0.25, 0.3) is 0 Å². The Labute approximate surface area is 91.4 Å². The van der Waals surface area contributed by atoms with E-state index >= 15 is 0 Å². The maximum Gasteiger partial charge on any atom is 0.118 e. The molecule has 15 heavy (non-hydrogen) atoms. The minimum absolute atomic E-state index is 0.376. The molecule has 0 saturated heterocycles. The van der Waals surface area contributed by atoms with Gasteiger partial charge in [0, 0.05) is 0 Å². The van der Waals surface area contributed by atoms with Crippen LogP contribution >= 0.6 is 0 Å². The van der Waals surface area contributed by atoms with E-state index in [9.17, 15) is 0 Å². The summed E-state index contributed by atoms with van der Waals surface area (Å²) in [6, 6.07) is 8.47. The molecule has 1 saturated carbocycles. The minimum Gasteiger partial charge on any atom is -0.497 e. The summed E-state index contributed by atoms with van der Waals surface area (Å²) in [5, 5.41) is 0. The van der Waals surface area contributed by atoms with Crippen molar-refractivity contribution in [1.82, 2.24) is 0 Å². The largest absolute Gasteiger partial charge is 0.497 e. The molecular weight excluding hydrogens is 186 g/mol. The van der Waals surface area contributed by atoms with Crippen LogP contribution in [0.15, 0.2) is 24.3 Å². The van der Waals surface area contributed by atoms with Crippen LogP contribution in [-0.4, -0.2) is 13.7 Å². The molecule has 0 aliphatic heterocycles. The second kappa shape index (κ2) is 4.23. The second-order valence-electron chi connectivity index (χ2n) is 4.40. The molecule has 1 aromatic carbocycles. The predicted molar refractivity (Wildman–Crippen MR) is 62.2 cm³/mol. The summed E-state index contributed by atoms with van der Waals surface area (Å²) in [5.41, 5.74) is 7.50. The van der Waals surface area contributed by atoms with Crippen molar-refractivity contribution < 1.29 is 4.74 Å². The van der Waals surface area contributed by atoms with Crippen LogP contribution in [0, 0.1) is 0 Å². The third kappa shape index (κ3) is 1.86. The van der Waals surface area contributed by atoms with Gasteiger partial charge in [-0.2, -0.15) is 0 Å². The topological polar surface area (TPSA) is 35.2 Å². The molecular formula is C13H19NO. The first kappa shape index (κ1) is 10.5. The van der Waals surface area contributed by atoms with E-state index in [2.05, 4.69) is 12.1 Å². The summed E-state index contributed by atoms with van der Waals surface area (Å²) in [6.07, 6.45) is 5.03. The number of benzene rings is 1. The van der Waals surface area contributed by atoms with Gasteiger partial charge in [0.1, 0.15) is 5.75 Å². The van der Waals surface area contributed by atoms with Crippen molar-refractivity contribution in [2.45, 2.75) is 31.1 Å². The van der Waals surface area contributed by atoms with E-state index in [1.165, 1.54) is 24.8 Å². The Morgan fingerprint density at radius 1 is 1.27 bits per heavy atom. The monoisotopic (exact) mass is 205 g/mol. The number of ether oxygens (including phenoxy) is 1. The molecule has 1 aromatic rings. The lowest BCUT2D eigenvalue weighted by Crippen LogP contribution is -2.36. The Morgan fingerprint density at radius 3 is 2.33 bits per heavy atom. The first-order valence-electron chi connectivity index (χ1n) is 5.65. The molecule has 2 N–H and O–H groups in total. The van der Waals surface area contributed by atoms with Gasteiger partial charge in [0.15, 0.2) is 0 Å². The number of rotatable bonds is 4. The molecule has 0 unspecified atom stereocenters. The molecule has 0 atom stereocenters. The Hall–Kier alpha value is -1.02. The summed E-state index contributed by atoms with van der Waals surface area (Å²) < 4.78 is 5.17. The SMILES string of the molecule is COc1ccc(C2(CCN)CCC2)cc1. The molecule has 0 bridgehead atoms. The fourth-order valence-electron chi connectivity index (χ4n) is 2.51. The zero-order valence-electron chi connectivity index (χ0n) is 9.33. The van der Waals surface area contributed by atoms with Gasteiger partial charge in [-0.25, -0.2) is 0 Å². The number of methoxy groups -OCH3 is 1. The molecule has 2 nitrogen and oxygen atoms in total. The minimum atomic E-state index is 0.376. The van der Waals surface area contributed by atoms with Gasteiger partial charge >= 0.3 is 0 Å². The van der Waals surface area contributed by atoms with E-state index in [1.807, 2.05) is 12.1 Å².